The first-order chi connectivity index (χ1) is 10.5. The minimum absolute atomic E-state index is 0.408. The summed E-state index contributed by atoms with van der Waals surface area (Å²) >= 11 is 8.30. The normalized spacial score (nSPS) is 10.9. The van der Waals surface area contributed by atoms with Crippen LogP contribution in [-0.4, -0.2) is 27.6 Å². The summed E-state index contributed by atoms with van der Waals surface area (Å²) in [6.07, 6.45) is 3.38. The lowest BCUT2D eigenvalue weighted by Crippen LogP contribution is -2.05. The van der Waals surface area contributed by atoms with Crippen LogP contribution in [0.4, 0.5) is 0 Å². The Morgan fingerprint density at radius 3 is 2.77 bits per heavy atom. The molecule has 0 unspecified atom stereocenters. The number of aryl methyl sites for hydroxylation is 1. The van der Waals surface area contributed by atoms with Crippen LogP contribution < -0.4 is 0 Å². The summed E-state index contributed by atoms with van der Waals surface area (Å²) in [4.78, 5) is 20.8. The van der Waals surface area contributed by atoms with Gasteiger partial charge in [0.25, 0.3) is 0 Å². The number of ether oxygens (including phenoxy) is 1. The zero-order valence-corrected chi connectivity index (χ0v) is 14.7. The number of esters is 1. The highest BCUT2D eigenvalue weighted by Crippen LogP contribution is 2.30. The first-order valence-corrected chi connectivity index (χ1v) is 7.81. The summed E-state index contributed by atoms with van der Waals surface area (Å²) in [5.41, 5.74) is 2.55. The monoisotopic (exact) mass is 427 g/mol. The predicted octanol–water partition coefficient (Wildman–Crippen LogP) is 3.68. The Kier molecular flexibility index (Phi) is 4.05. The van der Waals surface area contributed by atoms with Crippen LogP contribution in [-0.2, 0) is 11.8 Å². The first kappa shape index (κ1) is 15.2. The van der Waals surface area contributed by atoms with Crippen LogP contribution in [0.5, 0.6) is 0 Å². The lowest BCUT2D eigenvalue weighted by Gasteiger charge is -2.10. The van der Waals surface area contributed by atoms with Gasteiger partial charge in [0, 0.05) is 16.0 Å². The average molecular weight is 428 g/mol. The maximum Gasteiger partial charge on any atom is 0.338 e. The van der Waals surface area contributed by atoms with Crippen molar-refractivity contribution in [2.24, 2.45) is 7.05 Å². The van der Waals surface area contributed by atoms with E-state index in [1.54, 1.807) is 24.7 Å². The number of pyridine rings is 1. The van der Waals surface area contributed by atoms with Crippen molar-refractivity contribution in [2.45, 2.75) is 0 Å². The third-order valence-electron chi connectivity index (χ3n) is 3.34. The molecule has 0 spiro atoms. The number of hydrogen-bond donors (Lipinski definition) is 0. The highest BCUT2D eigenvalue weighted by molar-refractivity contribution is 14.1. The minimum Gasteiger partial charge on any atom is -0.465 e. The molecule has 112 valence electrons. The highest BCUT2D eigenvalue weighted by Gasteiger charge is 2.17. The van der Waals surface area contributed by atoms with Crippen molar-refractivity contribution in [3.63, 3.8) is 0 Å². The van der Waals surface area contributed by atoms with E-state index in [0.717, 1.165) is 9.26 Å². The van der Waals surface area contributed by atoms with E-state index in [1.807, 2.05) is 17.7 Å². The van der Waals surface area contributed by atoms with E-state index in [0.29, 0.717) is 27.2 Å². The fraction of sp³-hybridized carbons (Fsp3) is 0.133. The van der Waals surface area contributed by atoms with Crippen LogP contribution >= 0.6 is 34.2 Å². The molecule has 7 heteroatoms. The Bertz CT molecular complexity index is 892. The maximum atomic E-state index is 12.1. The van der Waals surface area contributed by atoms with Crippen molar-refractivity contribution in [2.75, 3.05) is 7.11 Å². The second-order valence-electron chi connectivity index (χ2n) is 4.72. The van der Waals surface area contributed by atoms with Gasteiger partial charge in [-0.1, -0.05) is 11.6 Å². The van der Waals surface area contributed by atoms with Crippen LogP contribution in [0.15, 0.2) is 30.7 Å². The fourth-order valence-electron chi connectivity index (χ4n) is 2.24. The molecule has 0 saturated carbocycles. The van der Waals surface area contributed by atoms with Crippen molar-refractivity contribution in [3.05, 3.63) is 44.9 Å². The van der Waals surface area contributed by atoms with E-state index >= 15 is 0 Å². The van der Waals surface area contributed by atoms with Gasteiger partial charge in [-0.25, -0.2) is 14.8 Å². The topological polar surface area (TPSA) is 57.0 Å². The molecule has 0 radical (unpaired) electrons. The van der Waals surface area contributed by atoms with Gasteiger partial charge in [0.2, 0.25) is 0 Å². The van der Waals surface area contributed by atoms with E-state index in [9.17, 15) is 4.79 Å². The summed E-state index contributed by atoms with van der Waals surface area (Å²) in [7, 11) is 3.23. The molecule has 0 fully saturated rings. The van der Waals surface area contributed by atoms with Crippen molar-refractivity contribution < 1.29 is 9.53 Å². The number of carbonyl (C=O) groups is 1. The van der Waals surface area contributed by atoms with Gasteiger partial charge in [0.1, 0.15) is 0 Å². The summed E-state index contributed by atoms with van der Waals surface area (Å²) in [6.45, 7) is 0. The molecule has 0 N–H and O–H groups in total. The number of rotatable bonds is 2. The van der Waals surface area contributed by atoms with Gasteiger partial charge in [-0.2, -0.15) is 0 Å². The van der Waals surface area contributed by atoms with Crippen LogP contribution in [0.1, 0.15) is 10.4 Å². The van der Waals surface area contributed by atoms with Gasteiger partial charge in [-0.3, -0.25) is 0 Å². The molecule has 0 atom stereocenters. The molecular weight excluding hydrogens is 417 g/mol. The molecule has 0 amide bonds. The molecular formula is C15H11ClIN3O2. The van der Waals surface area contributed by atoms with E-state index in [2.05, 4.69) is 32.6 Å². The number of nitrogens with zero attached hydrogens (tertiary/aromatic N) is 3. The van der Waals surface area contributed by atoms with Gasteiger partial charge in [0.05, 0.1) is 47.1 Å². The lowest BCUT2D eigenvalue weighted by atomic mass is 10.1. The van der Waals surface area contributed by atoms with Gasteiger partial charge in [0.15, 0.2) is 0 Å². The van der Waals surface area contributed by atoms with Gasteiger partial charge < -0.3 is 9.30 Å². The molecule has 0 aliphatic rings. The van der Waals surface area contributed by atoms with E-state index in [1.165, 1.54) is 7.11 Å². The maximum absolute atomic E-state index is 12.1. The molecule has 0 aliphatic heterocycles. The van der Waals surface area contributed by atoms with Crippen molar-refractivity contribution in [3.8, 4) is 11.4 Å². The Hall–Kier alpha value is -1.67. The largest absolute Gasteiger partial charge is 0.465 e. The average Bonchev–Trinajstić information content (AvgIpc) is 2.93. The Morgan fingerprint density at radius 2 is 2.14 bits per heavy atom. The fourth-order valence-corrected chi connectivity index (χ4v) is 2.86. The van der Waals surface area contributed by atoms with Crippen molar-refractivity contribution in [1.82, 2.24) is 14.5 Å². The summed E-state index contributed by atoms with van der Waals surface area (Å²) < 4.78 is 7.58. The Labute approximate surface area is 145 Å². The predicted molar refractivity (Wildman–Crippen MR) is 93.0 cm³/mol. The number of carbonyl (C=O) groups excluding carboxylic acids is 1. The minimum atomic E-state index is -0.408. The summed E-state index contributed by atoms with van der Waals surface area (Å²) in [5, 5.41) is 1.31. The molecule has 0 aliphatic carbocycles. The van der Waals surface area contributed by atoms with Crippen molar-refractivity contribution >= 4 is 51.1 Å². The van der Waals surface area contributed by atoms with E-state index in [-0.39, 0.29) is 0 Å². The third kappa shape index (κ3) is 2.56. The number of fused-ring (bicyclic) bond motifs is 1. The third-order valence-corrected chi connectivity index (χ3v) is 4.86. The molecule has 2 heterocycles. The van der Waals surface area contributed by atoms with E-state index < -0.39 is 5.97 Å². The molecule has 22 heavy (non-hydrogen) atoms. The van der Waals surface area contributed by atoms with Crippen LogP contribution in [0.2, 0.25) is 5.02 Å². The lowest BCUT2D eigenvalue weighted by molar-refractivity contribution is 0.0603. The zero-order chi connectivity index (χ0) is 15.9. The van der Waals surface area contributed by atoms with Gasteiger partial charge in [-0.05, 0) is 40.8 Å². The molecule has 2 aromatic heterocycles. The molecule has 0 bridgehead atoms. The summed E-state index contributed by atoms with van der Waals surface area (Å²) in [5.74, 6) is -0.408. The Balaban J connectivity index is 2.35. The van der Waals surface area contributed by atoms with Crippen molar-refractivity contribution in [1.29, 1.82) is 0 Å². The highest BCUT2D eigenvalue weighted by atomic mass is 127. The quantitative estimate of drug-likeness (QED) is 0.462. The van der Waals surface area contributed by atoms with Gasteiger partial charge in [-0.15, -0.1) is 0 Å². The smallest absolute Gasteiger partial charge is 0.338 e. The van der Waals surface area contributed by atoms with E-state index in [4.69, 9.17) is 16.3 Å². The second kappa shape index (κ2) is 5.85. The molecule has 0 saturated heterocycles. The SMILES string of the molecule is COC(=O)c1cc(-c2cncn2C)nc2cc(Cl)c(I)cc12. The summed E-state index contributed by atoms with van der Waals surface area (Å²) in [6, 6.07) is 5.31. The van der Waals surface area contributed by atoms with Crippen LogP contribution in [0.25, 0.3) is 22.3 Å². The zero-order valence-electron chi connectivity index (χ0n) is 11.8. The molecule has 1 aromatic carbocycles. The second-order valence-corrected chi connectivity index (χ2v) is 6.29. The molecule has 3 rings (SSSR count). The first-order valence-electron chi connectivity index (χ1n) is 6.36. The standard InChI is InChI=1S/C15H11ClIN3O2/c1-20-7-18-6-14(20)13-4-9(15(21)22-2)8-3-11(17)10(16)5-12(8)19-13/h3-7H,1-2H3. The number of imidazole rings is 1. The van der Waals surface area contributed by atoms with Crippen LogP contribution in [0.3, 0.4) is 0 Å². The van der Waals surface area contributed by atoms with Crippen LogP contribution in [0, 0.1) is 3.57 Å². The number of benzene rings is 1. The molecule has 3 aromatic rings. The number of methoxy groups -OCH3 is 1. The molecule has 5 nitrogen and oxygen atoms in total. The number of hydrogen-bond acceptors (Lipinski definition) is 4. The van der Waals surface area contributed by atoms with Gasteiger partial charge >= 0.3 is 5.97 Å². The Morgan fingerprint density at radius 1 is 1.36 bits per heavy atom. The number of halogens is 2. The number of aromatic nitrogens is 3.